The maximum absolute atomic E-state index is 12.8. The number of hydrogen-bond acceptors (Lipinski definition) is 5. The van der Waals surface area contributed by atoms with E-state index >= 15 is 0 Å². The van der Waals surface area contributed by atoms with Crippen molar-refractivity contribution in [2.45, 2.75) is 13.3 Å². The zero-order chi connectivity index (χ0) is 17.4. The summed E-state index contributed by atoms with van der Waals surface area (Å²) in [5.41, 5.74) is 1.47. The number of methoxy groups -OCH3 is 1. The molecule has 0 saturated carbocycles. The molecule has 1 aliphatic heterocycles. The van der Waals surface area contributed by atoms with Crippen LogP contribution in [0.15, 0.2) is 16.6 Å². The van der Waals surface area contributed by atoms with Crippen LogP contribution in [0, 0.1) is 12.8 Å². The van der Waals surface area contributed by atoms with Gasteiger partial charge in [0.25, 0.3) is 0 Å². The third-order valence-corrected chi connectivity index (χ3v) is 5.57. The van der Waals surface area contributed by atoms with Crippen LogP contribution < -0.4 is 4.90 Å². The van der Waals surface area contributed by atoms with Crippen molar-refractivity contribution in [3.63, 3.8) is 0 Å². The van der Waals surface area contributed by atoms with Crippen molar-refractivity contribution in [2.75, 3.05) is 24.3 Å². The van der Waals surface area contributed by atoms with Gasteiger partial charge in [0.05, 0.1) is 24.1 Å². The van der Waals surface area contributed by atoms with Gasteiger partial charge in [-0.05, 0) is 40.5 Å². The fraction of sp³-hybridized carbons (Fsp3) is 0.429. The van der Waals surface area contributed by atoms with E-state index in [1.165, 1.54) is 18.1 Å². The second kappa shape index (κ2) is 6.56. The van der Waals surface area contributed by atoms with Crippen LogP contribution in [0.2, 0.25) is 0 Å². The average molecular weight is 408 g/mol. The van der Waals surface area contributed by atoms with Crippen LogP contribution >= 0.6 is 15.9 Å². The number of rotatable bonds is 4. The molecule has 0 spiro atoms. The molecule has 2 rings (SSSR count). The Bertz CT molecular complexity index is 765. The Labute approximate surface area is 141 Å². The molecular formula is C14H15BrFNO5S. The van der Waals surface area contributed by atoms with Gasteiger partial charge >= 0.3 is 16.2 Å². The predicted octanol–water partition coefficient (Wildman–Crippen LogP) is 2.20. The van der Waals surface area contributed by atoms with Gasteiger partial charge in [-0.25, -0.2) is 4.79 Å². The number of nitrogens with zero attached hydrogens (tertiary/aromatic N) is 1. The second-order valence-corrected chi connectivity index (χ2v) is 7.55. The first-order chi connectivity index (χ1) is 10.6. The van der Waals surface area contributed by atoms with Gasteiger partial charge in [-0.15, -0.1) is 3.89 Å². The Morgan fingerprint density at radius 2 is 2.13 bits per heavy atom. The Morgan fingerprint density at radius 1 is 1.48 bits per heavy atom. The van der Waals surface area contributed by atoms with E-state index in [0.717, 1.165) is 0 Å². The molecule has 1 fully saturated rings. The Kier molecular flexibility index (Phi) is 5.10. The molecule has 23 heavy (non-hydrogen) atoms. The molecule has 1 unspecified atom stereocenters. The third-order valence-electron chi connectivity index (χ3n) is 3.70. The molecule has 1 aromatic carbocycles. The van der Waals surface area contributed by atoms with Gasteiger partial charge in [0, 0.05) is 23.4 Å². The summed E-state index contributed by atoms with van der Waals surface area (Å²) >= 11 is 3.35. The van der Waals surface area contributed by atoms with Crippen LogP contribution in [0.1, 0.15) is 22.3 Å². The molecule has 0 bridgehead atoms. The van der Waals surface area contributed by atoms with Gasteiger partial charge in [0.15, 0.2) is 0 Å². The molecule has 0 aromatic heterocycles. The number of amides is 1. The third kappa shape index (κ3) is 3.89. The first kappa shape index (κ1) is 17.9. The Morgan fingerprint density at radius 3 is 2.70 bits per heavy atom. The highest BCUT2D eigenvalue weighted by molar-refractivity contribution is 9.10. The van der Waals surface area contributed by atoms with Gasteiger partial charge in [-0.2, -0.15) is 8.42 Å². The van der Waals surface area contributed by atoms with Gasteiger partial charge in [-0.3, -0.25) is 4.79 Å². The summed E-state index contributed by atoms with van der Waals surface area (Å²) in [7, 11) is -3.35. The molecule has 0 radical (unpaired) electrons. The largest absolute Gasteiger partial charge is 0.465 e. The van der Waals surface area contributed by atoms with Crippen molar-refractivity contribution in [2.24, 2.45) is 5.92 Å². The Hall–Kier alpha value is -1.48. The molecule has 1 aromatic rings. The molecule has 0 aliphatic carbocycles. The molecule has 126 valence electrons. The topological polar surface area (TPSA) is 80.8 Å². The zero-order valence-corrected chi connectivity index (χ0v) is 14.9. The molecular weight excluding hydrogens is 393 g/mol. The van der Waals surface area contributed by atoms with Gasteiger partial charge in [0.2, 0.25) is 5.91 Å². The Balaban J connectivity index is 2.31. The summed E-state index contributed by atoms with van der Waals surface area (Å²) in [4.78, 5) is 25.2. The van der Waals surface area contributed by atoms with Crippen LogP contribution in [-0.2, 0) is 19.8 Å². The number of anilines is 1. The minimum atomic E-state index is -4.63. The van der Waals surface area contributed by atoms with E-state index in [0.29, 0.717) is 21.3 Å². The first-order valence-corrected chi connectivity index (χ1v) is 9.08. The van der Waals surface area contributed by atoms with Crippen LogP contribution in [0.5, 0.6) is 0 Å². The van der Waals surface area contributed by atoms with Crippen molar-refractivity contribution < 1.29 is 26.6 Å². The van der Waals surface area contributed by atoms with Crippen molar-refractivity contribution >= 4 is 43.7 Å². The SMILES string of the molecule is COC(=O)c1ccc(N2CC(CS(=O)(=O)F)CC2=O)c(Br)c1C. The van der Waals surface area contributed by atoms with Gasteiger partial charge in [-0.1, -0.05) is 0 Å². The van der Waals surface area contributed by atoms with Crippen LogP contribution in [0.3, 0.4) is 0 Å². The summed E-state index contributed by atoms with van der Waals surface area (Å²) in [6.45, 7) is 1.81. The quantitative estimate of drug-likeness (QED) is 0.564. The highest BCUT2D eigenvalue weighted by Crippen LogP contribution is 2.35. The van der Waals surface area contributed by atoms with E-state index in [9.17, 15) is 21.9 Å². The number of halogens is 2. The smallest absolute Gasteiger partial charge is 0.338 e. The number of benzene rings is 1. The number of ether oxygens (including phenoxy) is 1. The monoisotopic (exact) mass is 407 g/mol. The maximum atomic E-state index is 12.8. The molecule has 1 heterocycles. The zero-order valence-electron chi connectivity index (χ0n) is 12.5. The maximum Gasteiger partial charge on any atom is 0.338 e. The molecule has 1 amide bonds. The lowest BCUT2D eigenvalue weighted by molar-refractivity contribution is -0.117. The van der Waals surface area contributed by atoms with Gasteiger partial charge in [0.1, 0.15) is 0 Å². The first-order valence-electron chi connectivity index (χ1n) is 6.74. The molecule has 1 saturated heterocycles. The minimum absolute atomic E-state index is 0.0343. The van der Waals surface area contributed by atoms with Crippen molar-refractivity contribution in [3.05, 3.63) is 27.7 Å². The summed E-state index contributed by atoms with van der Waals surface area (Å²) in [5.74, 6) is -2.05. The molecule has 1 aliphatic rings. The summed E-state index contributed by atoms with van der Waals surface area (Å²) in [5, 5.41) is 0. The number of esters is 1. The van der Waals surface area contributed by atoms with Crippen LogP contribution in [0.4, 0.5) is 9.57 Å². The van der Waals surface area contributed by atoms with E-state index in [2.05, 4.69) is 20.7 Å². The normalized spacial score (nSPS) is 18.3. The lowest BCUT2D eigenvalue weighted by Gasteiger charge is -2.20. The molecule has 9 heteroatoms. The summed E-state index contributed by atoms with van der Waals surface area (Å²) in [6.07, 6.45) is -0.0343. The minimum Gasteiger partial charge on any atom is -0.465 e. The highest BCUT2D eigenvalue weighted by atomic mass is 79.9. The van der Waals surface area contributed by atoms with E-state index in [1.54, 1.807) is 13.0 Å². The predicted molar refractivity (Wildman–Crippen MR) is 85.6 cm³/mol. The van der Waals surface area contributed by atoms with E-state index in [-0.39, 0.29) is 18.9 Å². The average Bonchev–Trinajstić information content (AvgIpc) is 2.79. The van der Waals surface area contributed by atoms with Gasteiger partial charge < -0.3 is 9.64 Å². The van der Waals surface area contributed by atoms with Crippen LogP contribution in [-0.4, -0.2) is 39.7 Å². The molecule has 6 nitrogen and oxygen atoms in total. The number of hydrogen-bond donors (Lipinski definition) is 0. The van der Waals surface area contributed by atoms with Crippen molar-refractivity contribution in [1.29, 1.82) is 0 Å². The summed E-state index contributed by atoms with van der Waals surface area (Å²) in [6, 6.07) is 3.11. The fourth-order valence-electron chi connectivity index (χ4n) is 2.62. The van der Waals surface area contributed by atoms with E-state index in [4.69, 9.17) is 0 Å². The molecule has 0 N–H and O–H groups in total. The molecule has 1 atom stereocenters. The fourth-order valence-corrected chi connectivity index (χ4v) is 3.96. The van der Waals surface area contributed by atoms with Crippen LogP contribution in [0.25, 0.3) is 0 Å². The lowest BCUT2D eigenvalue weighted by atomic mass is 10.1. The van der Waals surface area contributed by atoms with E-state index < -0.39 is 27.9 Å². The van der Waals surface area contributed by atoms with Crippen molar-refractivity contribution in [1.82, 2.24) is 0 Å². The standard InChI is InChI=1S/C14H15BrFNO5S/c1-8-10(14(19)22-2)3-4-11(13(8)15)17-6-9(5-12(17)18)7-23(16,20)21/h3-4,9H,5-7H2,1-2H3. The number of carbonyl (C=O) groups excluding carboxylic acids is 2. The summed E-state index contributed by atoms with van der Waals surface area (Å²) < 4.78 is 39.5. The number of carbonyl (C=O) groups is 2. The van der Waals surface area contributed by atoms with Crippen molar-refractivity contribution in [3.8, 4) is 0 Å². The lowest BCUT2D eigenvalue weighted by Crippen LogP contribution is -2.26. The van der Waals surface area contributed by atoms with E-state index in [1.807, 2.05) is 0 Å². The highest BCUT2D eigenvalue weighted by Gasteiger charge is 2.35. The second-order valence-electron chi connectivity index (χ2n) is 5.34.